The Kier molecular flexibility index (Phi) is 7.97. The van der Waals surface area contributed by atoms with Gasteiger partial charge in [-0.2, -0.15) is 0 Å². The van der Waals surface area contributed by atoms with Gasteiger partial charge in [0.15, 0.2) is 11.6 Å². The zero-order chi connectivity index (χ0) is 26.0. The second kappa shape index (κ2) is 10.4. The zero-order valence-electron chi connectivity index (χ0n) is 21.2. The largest absolute Gasteiger partial charge is 0.496 e. The monoisotopic (exact) mass is 492 g/mol. The fraction of sp³-hybridized carbons (Fsp3) is 0.654. The van der Waals surface area contributed by atoms with Crippen LogP contribution in [0.4, 0.5) is 4.39 Å². The Labute approximate surface area is 205 Å². The second-order valence-electron chi connectivity index (χ2n) is 11.2. The molecule has 2 atom stereocenters. The lowest BCUT2D eigenvalue weighted by atomic mass is 9.75. The van der Waals surface area contributed by atoms with Crippen LogP contribution in [0.15, 0.2) is 12.1 Å². The van der Waals surface area contributed by atoms with Gasteiger partial charge >= 0.3 is 5.97 Å². The summed E-state index contributed by atoms with van der Waals surface area (Å²) in [4.78, 5) is 37.1. The van der Waals surface area contributed by atoms with Crippen LogP contribution in [-0.2, 0) is 9.59 Å². The third-order valence-corrected chi connectivity index (χ3v) is 7.07. The molecule has 0 radical (unpaired) electrons. The van der Waals surface area contributed by atoms with Crippen molar-refractivity contribution in [2.75, 3.05) is 13.7 Å². The maximum atomic E-state index is 14.7. The molecule has 3 N–H and O–H groups in total. The number of carboxylic acids is 1. The second-order valence-corrected chi connectivity index (χ2v) is 11.2. The molecule has 2 aliphatic carbocycles. The lowest BCUT2D eigenvalue weighted by Gasteiger charge is -2.36. The highest BCUT2D eigenvalue weighted by Gasteiger charge is 2.39. The number of aliphatic carboxylic acids is 1. The quantitative estimate of drug-likeness (QED) is 0.507. The van der Waals surface area contributed by atoms with Crippen molar-refractivity contribution in [1.82, 2.24) is 10.6 Å². The molecule has 1 aromatic carbocycles. The van der Waals surface area contributed by atoms with Crippen molar-refractivity contribution >= 4 is 17.8 Å². The molecule has 0 aliphatic heterocycles. The fourth-order valence-corrected chi connectivity index (χ4v) is 4.43. The van der Waals surface area contributed by atoms with Gasteiger partial charge in [-0.1, -0.05) is 20.8 Å². The van der Waals surface area contributed by atoms with Gasteiger partial charge in [-0.3, -0.25) is 14.4 Å². The van der Waals surface area contributed by atoms with E-state index < -0.39 is 23.1 Å². The highest BCUT2D eigenvalue weighted by molar-refractivity contribution is 5.98. The first-order valence-corrected chi connectivity index (χ1v) is 12.2. The smallest absolute Gasteiger partial charge is 0.309 e. The maximum Gasteiger partial charge on any atom is 0.309 e. The summed E-state index contributed by atoms with van der Waals surface area (Å²) < 4.78 is 25.8. The molecule has 0 bridgehead atoms. The number of carboxylic acid groups (broad SMARTS) is 1. The van der Waals surface area contributed by atoms with Crippen molar-refractivity contribution in [3.05, 3.63) is 23.5 Å². The molecule has 2 aliphatic rings. The van der Waals surface area contributed by atoms with Gasteiger partial charge < -0.3 is 25.2 Å². The van der Waals surface area contributed by atoms with Crippen molar-refractivity contribution in [3.63, 3.8) is 0 Å². The van der Waals surface area contributed by atoms with Crippen LogP contribution in [0.5, 0.6) is 11.5 Å². The van der Waals surface area contributed by atoms with Gasteiger partial charge in [0.2, 0.25) is 5.91 Å². The highest BCUT2D eigenvalue weighted by atomic mass is 19.1. The SMILES string of the molecule is COc1cc(F)c(OC2CCC(C)(C(=O)O)CC2)cc1C(=O)NC1CC[C@H]1C(=O)NCC(C)(C)C. The molecule has 2 amide bonds. The van der Waals surface area contributed by atoms with Gasteiger partial charge in [0.05, 0.1) is 30.1 Å². The molecule has 0 aromatic heterocycles. The summed E-state index contributed by atoms with van der Waals surface area (Å²) >= 11 is 0. The van der Waals surface area contributed by atoms with Crippen LogP contribution in [0.3, 0.4) is 0 Å². The van der Waals surface area contributed by atoms with Gasteiger partial charge in [0.25, 0.3) is 5.91 Å². The molecule has 3 rings (SSSR count). The van der Waals surface area contributed by atoms with E-state index in [1.165, 1.54) is 13.2 Å². The van der Waals surface area contributed by atoms with E-state index in [4.69, 9.17) is 9.47 Å². The van der Waals surface area contributed by atoms with Crippen LogP contribution in [0.1, 0.15) is 76.6 Å². The van der Waals surface area contributed by atoms with Crippen molar-refractivity contribution in [2.24, 2.45) is 16.7 Å². The molecule has 194 valence electrons. The van der Waals surface area contributed by atoms with Gasteiger partial charge in [-0.15, -0.1) is 0 Å². The number of ether oxygens (including phenoxy) is 2. The normalized spacial score (nSPS) is 26.3. The Bertz CT molecular complexity index is 965. The first-order valence-electron chi connectivity index (χ1n) is 12.2. The van der Waals surface area contributed by atoms with E-state index >= 15 is 0 Å². The molecular weight excluding hydrogens is 455 g/mol. The van der Waals surface area contributed by atoms with Gasteiger partial charge in [-0.25, -0.2) is 4.39 Å². The zero-order valence-corrected chi connectivity index (χ0v) is 21.2. The van der Waals surface area contributed by atoms with E-state index in [1.54, 1.807) is 6.92 Å². The first-order chi connectivity index (χ1) is 16.3. The number of nitrogens with one attached hydrogen (secondary N) is 2. The summed E-state index contributed by atoms with van der Waals surface area (Å²) in [5.74, 6) is -2.37. The molecule has 0 spiro atoms. The molecule has 35 heavy (non-hydrogen) atoms. The van der Waals surface area contributed by atoms with Crippen LogP contribution < -0.4 is 20.1 Å². The van der Waals surface area contributed by atoms with Crippen LogP contribution in [-0.4, -0.2) is 48.7 Å². The Balaban J connectivity index is 1.67. The van der Waals surface area contributed by atoms with E-state index in [2.05, 4.69) is 10.6 Å². The van der Waals surface area contributed by atoms with Gasteiger partial charge in [0.1, 0.15) is 5.75 Å². The fourth-order valence-electron chi connectivity index (χ4n) is 4.43. The Morgan fingerprint density at radius 3 is 2.29 bits per heavy atom. The van der Waals surface area contributed by atoms with Crippen molar-refractivity contribution in [2.45, 2.75) is 78.4 Å². The molecule has 2 saturated carbocycles. The van der Waals surface area contributed by atoms with Crippen LogP contribution in [0, 0.1) is 22.6 Å². The van der Waals surface area contributed by atoms with Crippen LogP contribution in [0.25, 0.3) is 0 Å². The van der Waals surface area contributed by atoms with Gasteiger partial charge in [-0.05, 0) is 56.9 Å². The minimum Gasteiger partial charge on any atom is -0.496 e. The molecule has 1 unspecified atom stereocenters. The number of rotatable bonds is 8. The average molecular weight is 493 g/mol. The molecular formula is C26H37FN2O6. The lowest BCUT2D eigenvalue weighted by molar-refractivity contribution is -0.150. The van der Waals surface area contributed by atoms with E-state index in [9.17, 15) is 23.9 Å². The third-order valence-electron chi connectivity index (χ3n) is 7.07. The predicted octanol–water partition coefficient (Wildman–Crippen LogP) is 3.92. The van der Waals surface area contributed by atoms with E-state index in [0.717, 1.165) is 6.07 Å². The number of amides is 2. The molecule has 2 fully saturated rings. The Hall–Kier alpha value is -2.84. The third kappa shape index (κ3) is 6.44. The lowest BCUT2D eigenvalue weighted by Crippen LogP contribution is -2.53. The number of methoxy groups -OCH3 is 1. The first kappa shape index (κ1) is 26.8. The Morgan fingerprint density at radius 1 is 1.11 bits per heavy atom. The summed E-state index contributed by atoms with van der Waals surface area (Å²) in [5.41, 5.74) is -0.724. The predicted molar refractivity (Wildman–Crippen MR) is 128 cm³/mol. The molecule has 9 heteroatoms. The van der Waals surface area contributed by atoms with Gasteiger partial charge in [0, 0.05) is 18.7 Å². The number of halogens is 1. The van der Waals surface area contributed by atoms with E-state index in [0.29, 0.717) is 45.1 Å². The van der Waals surface area contributed by atoms with Crippen LogP contribution in [0.2, 0.25) is 0 Å². The summed E-state index contributed by atoms with van der Waals surface area (Å²) in [6, 6.07) is 2.12. The Morgan fingerprint density at radius 2 is 1.77 bits per heavy atom. The maximum absolute atomic E-state index is 14.7. The van der Waals surface area contributed by atoms with E-state index in [1.807, 2.05) is 20.8 Å². The minimum absolute atomic E-state index is 0.0411. The number of hydrogen-bond acceptors (Lipinski definition) is 5. The van der Waals surface area contributed by atoms with Crippen molar-refractivity contribution in [1.29, 1.82) is 0 Å². The molecule has 0 saturated heterocycles. The van der Waals surface area contributed by atoms with E-state index in [-0.39, 0.29) is 46.4 Å². The number of carbonyl (C=O) groups is 3. The molecule has 1 aromatic rings. The van der Waals surface area contributed by atoms with Crippen LogP contribution >= 0.6 is 0 Å². The minimum atomic E-state index is -0.841. The summed E-state index contributed by atoms with van der Waals surface area (Å²) in [7, 11) is 1.35. The number of benzene rings is 1. The van der Waals surface area contributed by atoms with Crippen molar-refractivity contribution < 1.29 is 33.4 Å². The summed E-state index contributed by atoms with van der Waals surface area (Å²) in [6.45, 7) is 8.35. The molecule has 8 nitrogen and oxygen atoms in total. The topological polar surface area (TPSA) is 114 Å². The standard InChI is InChI=1S/C26H37FN2O6/c1-25(2,3)14-28-22(30)16-6-7-19(16)29-23(31)17-12-21(18(27)13-20(17)34-5)35-15-8-10-26(4,11-9-15)24(32)33/h12-13,15-16,19H,6-11,14H2,1-5H3,(H,28,30)(H,29,31)(H,32,33)/t15?,16-,19?,26?/m1/s1. The number of hydrogen-bond donors (Lipinski definition) is 3. The van der Waals surface area contributed by atoms with Crippen molar-refractivity contribution in [3.8, 4) is 11.5 Å². The summed E-state index contributed by atoms with van der Waals surface area (Å²) in [6.07, 6.45) is 2.83. The molecule has 0 heterocycles. The number of carbonyl (C=O) groups excluding carboxylic acids is 2. The highest BCUT2D eigenvalue weighted by Crippen LogP contribution is 2.39. The average Bonchev–Trinajstić information content (AvgIpc) is 2.77. The summed E-state index contributed by atoms with van der Waals surface area (Å²) in [5, 5.41) is 15.2.